The van der Waals surface area contributed by atoms with E-state index in [4.69, 9.17) is 9.79 Å². The first-order chi connectivity index (χ1) is 6.88. The molecule has 0 heterocycles. The molecule has 15 heavy (non-hydrogen) atoms. The monoisotopic (exact) mass is 236 g/mol. The van der Waals surface area contributed by atoms with E-state index in [9.17, 15) is 9.67 Å². The second-order valence-electron chi connectivity index (χ2n) is 3.91. The van der Waals surface area contributed by atoms with E-state index >= 15 is 0 Å². The van der Waals surface area contributed by atoms with Crippen LogP contribution in [-0.2, 0) is 9.09 Å². The highest BCUT2D eigenvalue weighted by Gasteiger charge is 2.25. The summed E-state index contributed by atoms with van der Waals surface area (Å²) >= 11 is 0. The van der Waals surface area contributed by atoms with Crippen molar-refractivity contribution < 1.29 is 24.0 Å². The van der Waals surface area contributed by atoms with Crippen molar-refractivity contribution in [3.05, 3.63) is 12.2 Å². The number of hydrogen-bond acceptors (Lipinski definition) is 3. The van der Waals surface area contributed by atoms with Crippen LogP contribution in [0.3, 0.4) is 0 Å². The van der Waals surface area contributed by atoms with E-state index in [0.717, 1.165) is 12.8 Å². The van der Waals surface area contributed by atoms with Crippen LogP contribution in [0.1, 0.15) is 26.2 Å². The van der Waals surface area contributed by atoms with Crippen molar-refractivity contribution in [3.8, 4) is 0 Å². The molecule has 6 heteroatoms. The molecule has 0 aromatic heterocycles. The minimum Gasteiger partial charge on any atom is -0.393 e. The van der Waals surface area contributed by atoms with Crippen LogP contribution in [0.5, 0.6) is 0 Å². The second kappa shape index (κ2) is 5.23. The minimum atomic E-state index is -4.44. The van der Waals surface area contributed by atoms with Crippen LogP contribution in [0.15, 0.2) is 12.2 Å². The molecule has 2 atom stereocenters. The van der Waals surface area contributed by atoms with Gasteiger partial charge in [0.05, 0.1) is 12.2 Å². The average Bonchev–Trinajstić information content (AvgIpc) is 2.50. The van der Waals surface area contributed by atoms with Gasteiger partial charge >= 0.3 is 7.82 Å². The molecular weight excluding hydrogens is 219 g/mol. The fraction of sp³-hybridized carbons (Fsp3) is 0.778. The zero-order valence-corrected chi connectivity index (χ0v) is 9.51. The van der Waals surface area contributed by atoms with Crippen LogP contribution < -0.4 is 0 Å². The van der Waals surface area contributed by atoms with Crippen molar-refractivity contribution in [1.82, 2.24) is 0 Å². The van der Waals surface area contributed by atoms with E-state index in [-0.39, 0.29) is 12.3 Å². The molecule has 0 aliphatic heterocycles. The summed E-state index contributed by atoms with van der Waals surface area (Å²) in [6.45, 7) is 1.55. The SMILES string of the molecule is CC(CC(O)C1CC=CC1)OP(=O)(O)O. The van der Waals surface area contributed by atoms with Gasteiger partial charge in [-0.2, -0.15) is 0 Å². The molecular formula is C9H17O5P. The standard InChI is InChI=1S/C9H17O5P/c1-7(14-15(11,12)13)6-9(10)8-4-2-3-5-8/h2-3,7-10H,4-6H2,1H3,(H2,11,12,13). The van der Waals surface area contributed by atoms with Crippen molar-refractivity contribution in [1.29, 1.82) is 0 Å². The van der Waals surface area contributed by atoms with Gasteiger partial charge in [-0.3, -0.25) is 4.52 Å². The van der Waals surface area contributed by atoms with Gasteiger partial charge in [-0.1, -0.05) is 12.2 Å². The fourth-order valence-electron chi connectivity index (χ4n) is 1.76. The zero-order chi connectivity index (χ0) is 11.5. The van der Waals surface area contributed by atoms with E-state index < -0.39 is 20.0 Å². The topological polar surface area (TPSA) is 87.0 Å². The Labute approximate surface area is 89.0 Å². The first-order valence-electron chi connectivity index (χ1n) is 4.95. The number of rotatable bonds is 5. The Morgan fingerprint density at radius 1 is 1.47 bits per heavy atom. The maximum atomic E-state index is 10.5. The number of phosphoric ester groups is 1. The summed E-state index contributed by atoms with van der Waals surface area (Å²) in [5, 5.41) is 9.74. The Bertz CT molecular complexity index is 264. The van der Waals surface area contributed by atoms with Crippen LogP contribution in [-0.4, -0.2) is 27.1 Å². The minimum absolute atomic E-state index is 0.160. The van der Waals surface area contributed by atoms with E-state index in [2.05, 4.69) is 4.52 Å². The molecule has 1 aliphatic carbocycles. The van der Waals surface area contributed by atoms with Gasteiger partial charge in [-0.25, -0.2) is 4.57 Å². The van der Waals surface area contributed by atoms with Gasteiger partial charge < -0.3 is 14.9 Å². The lowest BCUT2D eigenvalue weighted by atomic mass is 9.96. The van der Waals surface area contributed by atoms with Crippen molar-refractivity contribution in [2.45, 2.75) is 38.4 Å². The normalized spacial score (nSPS) is 21.9. The number of aliphatic hydroxyl groups excluding tert-OH is 1. The number of aliphatic hydroxyl groups is 1. The van der Waals surface area contributed by atoms with Gasteiger partial charge in [0.25, 0.3) is 0 Å². The Kier molecular flexibility index (Phi) is 4.49. The van der Waals surface area contributed by atoms with E-state index in [1.54, 1.807) is 6.92 Å². The number of hydrogen-bond donors (Lipinski definition) is 3. The van der Waals surface area contributed by atoms with Gasteiger partial charge in [0.1, 0.15) is 0 Å². The maximum Gasteiger partial charge on any atom is 0.469 e. The Morgan fingerprint density at radius 2 is 2.00 bits per heavy atom. The third-order valence-corrected chi connectivity index (χ3v) is 3.11. The third kappa shape index (κ3) is 4.91. The number of phosphoric acid groups is 1. The lowest BCUT2D eigenvalue weighted by molar-refractivity contribution is 0.0505. The van der Waals surface area contributed by atoms with Crippen LogP contribution >= 0.6 is 7.82 Å². The summed E-state index contributed by atoms with van der Waals surface area (Å²) in [4.78, 5) is 17.1. The Balaban J connectivity index is 2.31. The number of allylic oxidation sites excluding steroid dienone is 2. The van der Waals surface area contributed by atoms with E-state index in [1.807, 2.05) is 12.2 Å². The molecule has 5 nitrogen and oxygen atoms in total. The van der Waals surface area contributed by atoms with E-state index in [0.29, 0.717) is 0 Å². The zero-order valence-electron chi connectivity index (χ0n) is 8.61. The summed E-state index contributed by atoms with van der Waals surface area (Å²) in [6.07, 6.45) is 4.69. The molecule has 0 aromatic carbocycles. The van der Waals surface area contributed by atoms with Gasteiger partial charge in [-0.05, 0) is 25.7 Å². The Morgan fingerprint density at radius 3 is 2.47 bits per heavy atom. The highest BCUT2D eigenvalue weighted by molar-refractivity contribution is 7.46. The molecule has 0 radical (unpaired) electrons. The van der Waals surface area contributed by atoms with Gasteiger partial charge in [0.2, 0.25) is 0 Å². The van der Waals surface area contributed by atoms with Crippen LogP contribution in [0.2, 0.25) is 0 Å². The summed E-state index contributed by atoms with van der Waals surface area (Å²) in [7, 11) is -4.44. The smallest absolute Gasteiger partial charge is 0.393 e. The van der Waals surface area contributed by atoms with Gasteiger partial charge in [0.15, 0.2) is 0 Å². The molecule has 3 N–H and O–H groups in total. The molecule has 0 amide bonds. The molecule has 1 rings (SSSR count). The average molecular weight is 236 g/mol. The largest absolute Gasteiger partial charge is 0.469 e. The fourth-order valence-corrected chi connectivity index (χ4v) is 2.32. The quantitative estimate of drug-likeness (QED) is 0.493. The maximum absolute atomic E-state index is 10.5. The van der Waals surface area contributed by atoms with Crippen LogP contribution in [0.4, 0.5) is 0 Å². The van der Waals surface area contributed by atoms with Crippen molar-refractivity contribution >= 4 is 7.82 Å². The van der Waals surface area contributed by atoms with Gasteiger partial charge in [-0.15, -0.1) is 0 Å². The lowest BCUT2D eigenvalue weighted by Gasteiger charge is -2.21. The molecule has 0 saturated carbocycles. The summed E-state index contributed by atoms with van der Waals surface area (Å²) in [6, 6.07) is 0. The molecule has 0 fully saturated rings. The Hall–Kier alpha value is -0.190. The molecule has 0 saturated heterocycles. The van der Waals surface area contributed by atoms with Crippen LogP contribution in [0.25, 0.3) is 0 Å². The second-order valence-corrected chi connectivity index (χ2v) is 5.10. The van der Waals surface area contributed by atoms with Crippen molar-refractivity contribution in [2.24, 2.45) is 5.92 Å². The molecule has 0 aromatic rings. The first kappa shape index (κ1) is 12.9. The van der Waals surface area contributed by atoms with Crippen molar-refractivity contribution in [3.63, 3.8) is 0 Å². The third-order valence-electron chi connectivity index (χ3n) is 2.48. The molecule has 2 unspecified atom stereocenters. The van der Waals surface area contributed by atoms with Crippen LogP contribution in [0, 0.1) is 5.92 Å². The summed E-state index contributed by atoms with van der Waals surface area (Å²) in [5.41, 5.74) is 0. The highest BCUT2D eigenvalue weighted by Crippen LogP contribution is 2.38. The predicted molar refractivity (Wildman–Crippen MR) is 55.1 cm³/mol. The molecule has 1 aliphatic rings. The molecule has 0 spiro atoms. The molecule has 0 bridgehead atoms. The first-order valence-corrected chi connectivity index (χ1v) is 6.48. The highest BCUT2D eigenvalue weighted by atomic mass is 31.2. The molecule has 88 valence electrons. The van der Waals surface area contributed by atoms with E-state index in [1.165, 1.54) is 0 Å². The van der Waals surface area contributed by atoms with Gasteiger partial charge in [0, 0.05) is 6.42 Å². The lowest BCUT2D eigenvalue weighted by Crippen LogP contribution is -2.24. The summed E-state index contributed by atoms with van der Waals surface area (Å²) < 4.78 is 15.0. The summed E-state index contributed by atoms with van der Waals surface area (Å²) in [5.74, 6) is 0.160. The van der Waals surface area contributed by atoms with Crippen molar-refractivity contribution in [2.75, 3.05) is 0 Å². The predicted octanol–water partition coefficient (Wildman–Crippen LogP) is 1.20.